The first-order valence-electron chi connectivity index (χ1n) is 6.47. The molecular formula is C17H16N2O. The lowest BCUT2D eigenvalue weighted by atomic mass is 9.93. The highest BCUT2D eigenvalue weighted by molar-refractivity contribution is 5.97. The average molecular weight is 264 g/mol. The Kier molecular flexibility index (Phi) is 3.95. The number of pyridine rings is 1. The number of aromatic nitrogens is 1. The van der Waals surface area contributed by atoms with Gasteiger partial charge in [0.25, 0.3) is 0 Å². The predicted octanol–water partition coefficient (Wildman–Crippen LogP) is 3.36. The van der Waals surface area contributed by atoms with Crippen molar-refractivity contribution < 1.29 is 4.79 Å². The molecule has 0 aliphatic heterocycles. The molecule has 0 saturated heterocycles. The van der Waals surface area contributed by atoms with Crippen molar-refractivity contribution in [2.24, 2.45) is 0 Å². The molecule has 0 spiro atoms. The van der Waals surface area contributed by atoms with Gasteiger partial charge in [0.15, 0.2) is 5.78 Å². The fraction of sp³-hybridized carbons (Fsp3) is 0.235. The summed E-state index contributed by atoms with van der Waals surface area (Å²) in [5.41, 5.74) is 5.24. The Morgan fingerprint density at radius 1 is 1.30 bits per heavy atom. The third kappa shape index (κ3) is 2.92. The largest absolute Gasteiger partial charge is 0.294 e. The molecule has 0 radical (unpaired) electrons. The second-order valence-corrected chi connectivity index (χ2v) is 5.00. The molecule has 0 aliphatic carbocycles. The predicted molar refractivity (Wildman–Crippen MR) is 77.7 cm³/mol. The molecule has 0 saturated carbocycles. The van der Waals surface area contributed by atoms with Crippen molar-refractivity contribution in [2.45, 2.75) is 27.2 Å². The number of Topliss-reactive ketones (excluding diaryl/α,β-unsaturated/α-hetero) is 1. The highest BCUT2D eigenvalue weighted by atomic mass is 16.1. The van der Waals surface area contributed by atoms with Gasteiger partial charge in [-0.15, -0.1) is 0 Å². The lowest BCUT2D eigenvalue weighted by Gasteiger charge is -2.11. The molecule has 0 aliphatic rings. The van der Waals surface area contributed by atoms with Crippen molar-refractivity contribution in [3.63, 3.8) is 0 Å². The zero-order valence-corrected chi connectivity index (χ0v) is 11.9. The normalized spacial score (nSPS) is 10.1. The first kappa shape index (κ1) is 14.0. The lowest BCUT2D eigenvalue weighted by Crippen LogP contribution is -2.05. The maximum absolute atomic E-state index is 11.8. The van der Waals surface area contributed by atoms with E-state index in [9.17, 15) is 4.79 Å². The fourth-order valence-electron chi connectivity index (χ4n) is 2.54. The lowest BCUT2D eigenvalue weighted by molar-refractivity contribution is 0.101. The van der Waals surface area contributed by atoms with Gasteiger partial charge in [0.2, 0.25) is 0 Å². The van der Waals surface area contributed by atoms with Crippen LogP contribution in [0.15, 0.2) is 30.5 Å². The molecule has 3 nitrogen and oxygen atoms in total. The summed E-state index contributed by atoms with van der Waals surface area (Å²) < 4.78 is 0. The van der Waals surface area contributed by atoms with E-state index in [1.54, 1.807) is 25.3 Å². The van der Waals surface area contributed by atoms with Crippen LogP contribution in [0.25, 0.3) is 0 Å². The van der Waals surface area contributed by atoms with Gasteiger partial charge in [0.1, 0.15) is 0 Å². The standard InChI is InChI=1S/C17H16N2O/c1-11-6-12(2)17(13(3)20)15(7-11)9-16-8-14(10-18)4-5-19-16/h4-8H,9H2,1-3H3. The maximum Gasteiger partial charge on any atom is 0.160 e. The Labute approximate surface area is 118 Å². The third-order valence-electron chi connectivity index (χ3n) is 3.23. The number of hydrogen-bond donors (Lipinski definition) is 0. The van der Waals surface area contributed by atoms with Crippen LogP contribution in [-0.4, -0.2) is 10.8 Å². The Hall–Kier alpha value is -2.47. The number of rotatable bonds is 3. The van der Waals surface area contributed by atoms with Crippen molar-refractivity contribution in [3.05, 3.63) is 64.0 Å². The van der Waals surface area contributed by atoms with Crippen LogP contribution in [0.4, 0.5) is 0 Å². The monoisotopic (exact) mass is 264 g/mol. The molecule has 0 unspecified atom stereocenters. The van der Waals surface area contributed by atoms with Gasteiger partial charge in [0.05, 0.1) is 11.6 Å². The molecule has 2 aromatic rings. The highest BCUT2D eigenvalue weighted by Crippen LogP contribution is 2.20. The first-order valence-corrected chi connectivity index (χ1v) is 6.47. The van der Waals surface area contributed by atoms with Gasteiger partial charge in [-0.3, -0.25) is 9.78 Å². The Morgan fingerprint density at radius 2 is 2.05 bits per heavy atom. The number of ketones is 1. The quantitative estimate of drug-likeness (QED) is 0.799. The average Bonchev–Trinajstić information content (AvgIpc) is 2.37. The summed E-state index contributed by atoms with van der Waals surface area (Å²) in [5.74, 6) is 0.0638. The zero-order chi connectivity index (χ0) is 14.7. The summed E-state index contributed by atoms with van der Waals surface area (Å²) in [6, 6.07) is 9.58. The van der Waals surface area contributed by atoms with Gasteiger partial charge < -0.3 is 0 Å². The van der Waals surface area contributed by atoms with E-state index in [4.69, 9.17) is 5.26 Å². The number of benzene rings is 1. The molecule has 3 heteroatoms. The van der Waals surface area contributed by atoms with E-state index >= 15 is 0 Å². The maximum atomic E-state index is 11.8. The molecule has 100 valence electrons. The third-order valence-corrected chi connectivity index (χ3v) is 3.23. The Balaban J connectivity index is 2.47. The topological polar surface area (TPSA) is 53.8 Å². The van der Waals surface area contributed by atoms with E-state index in [1.165, 1.54) is 0 Å². The highest BCUT2D eigenvalue weighted by Gasteiger charge is 2.12. The first-order chi connectivity index (χ1) is 9.51. The van der Waals surface area contributed by atoms with Gasteiger partial charge >= 0.3 is 0 Å². The summed E-state index contributed by atoms with van der Waals surface area (Å²) in [6.45, 7) is 5.55. The van der Waals surface area contributed by atoms with Gasteiger partial charge in [0, 0.05) is 23.9 Å². The molecule has 0 fully saturated rings. The van der Waals surface area contributed by atoms with E-state index in [-0.39, 0.29) is 5.78 Å². The smallest absolute Gasteiger partial charge is 0.160 e. The molecule has 0 atom stereocenters. The van der Waals surface area contributed by atoms with Crippen molar-refractivity contribution in [1.29, 1.82) is 5.26 Å². The van der Waals surface area contributed by atoms with Crippen molar-refractivity contribution in [1.82, 2.24) is 4.98 Å². The van der Waals surface area contributed by atoms with Gasteiger partial charge in [-0.05, 0) is 44.0 Å². The minimum absolute atomic E-state index is 0.0638. The summed E-state index contributed by atoms with van der Waals surface area (Å²) in [4.78, 5) is 16.1. The molecule has 1 heterocycles. The van der Waals surface area contributed by atoms with Crippen LogP contribution in [0, 0.1) is 25.2 Å². The van der Waals surface area contributed by atoms with Crippen LogP contribution in [0.1, 0.15) is 45.2 Å². The van der Waals surface area contributed by atoms with Crippen LogP contribution in [0.2, 0.25) is 0 Å². The van der Waals surface area contributed by atoms with Gasteiger partial charge in [-0.2, -0.15) is 5.26 Å². The van der Waals surface area contributed by atoms with Crippen LogP contribution >= 0.6 is 0 Å². The van der Waals surface area contributed by atoms with Crippen LogP contribution in [0.3, 0.4) is 0 Å². The van der Waals surface area contributed by atoms with Crippen LogP contribution < -0.4 is 0 Å². The molecule has 2 rings (SSSR count). The molecule has 1 aromatic heterocycles. The SMILES string of the molecule is CC(=O)c1c(C)cc(C)cc1Cc1cc(C#N)ccn1. The van der Waals surface area contributed by atoms with Gasteiger partial charge in [-0.25, -0.2) is 0 Å². The summed E-state index contributed by atoms with van der Waals surface area (Å²) in [6.07, 6.45) is 2.19. The summed E-state index contributed by atoms with van der Waals surface area (Å²) in [5, 5.41) is 8.93. The minimum Gasteiger partial charge on any atom is -0.294 e. The minimum atomic E-state index is 0.0638. The Morgan fingerprint density at radius 3 is 2.70 bits per heavy atom. The second kappa shape index (κ2) is 5.66. The number of nitriles is 1. The van der Waals surface area contributed by atoms with Crippen molar-refractivity contribution in [2.75, 3.05) is 0 Å². The van der Waals surface area contributed by atoms with E-state index in [0.717, 1.165) is 27.9 Å². The van der Waals surface area contributed by atoms with Crippen molar-refractivity contribution in [3.8, 4) is 6.07 Å². The zero-order valence-electron chi connectivity index (χ0n) is 11.9. The molecule has 1 aromatic carbocycles. The van der Waals surface area contributed by atoms with E-state index in [2.05, 4.69) is 11.1 Å². The molecule has 0 amide bonds. The van der Waals surface area contributed by atoms with Crippen LogP contribution in [-0.2, 0) is 6.42 Å². The summed E-state index contributed by atoms with van der Waals surface area (Å²) >= 11 is 0. The Bertz CT molecular complexity index is 711. The number of carbonyl (C=O) groups excluding carboxylic acids is 1. The van der Waals surface area contributed by atoms with Crippen LogP contribution in [0.5, 0.6) is 0 Å². The number of carbonyl (C=O) groups is 1. The number of aryl methyl sites for hydroxylation is 2. The number of hydrogen-bond acceptors (Lipinski definition) is 3. The second-order valence-electron chi connectivity index (χ2n) is 5.00. The van der Waals surface area contributed by atoms with Gasteiger partial charge in [-0.1, -0.05) is 17.7 Å². The van der Waals surface area contributed by atoms with E-state index < -0.39 is 0 Å². The fourth-order valence-corrected chi connectivity index (χ4v) is 2.54. The van der Waals surface area contributed by atoms with E-state index in [1.807, 2.05) is 26.0 Å². The molecule has 0 N–H and O–H groups in total. The van der Waals surface area contributed by atoms with E-state index in [0.29, 0.717) is 12.0 Å². The molecule has 20 heavy (non-hydrogen) atoms. The summed E-state index contributed by atoms with van der Waals surface area (Å²) in [7, 11) is 0. The van der Waals surface area contributed by atoms with Crippen molar-refractivity contribution >= 4 is 5.78 Å². The molecule has 0 bridgehead atoms. The molecular weight excluding hydrogens is 248 g/mol. The number of nitrogens with zero attached hydrogens (tertiary/aromatic N) is 2.